The molecule has 1 unspecified atom stereocenters. The van der Waals surface area contributed by atoms with Gasteiger partial charge in [-0.05, 0) is 37.2 Å². The summed E-state index contributed by atoms with van der Waals surface area (Å²) in [5.41, 5.74) is 7.19. The number of amides is 2. The molecule has 5 nitrogen and oxygen atoms in total. The number of rotatable bonds is 5. The Hall–Kier alpha value is -1.88. The van der Waals surface area contributed by atoms with Crippen molar-refractivity contribution in [2.24, 2.45) is 11.7 Å². The second-order valence-corrected chi connectivity index (χ2v) is 7.34. The lowest BCUT2D eigenvalue weighted by molar-refractivity contribution is -0.136. The average Bonchev–Trinajstić information content (AvgIpc) is 2.65. The summed E-state index contributed by atoms with van der Waals surface area (Å²) in [6.45, 7) is 3.34. The zero-order valence-electron chi connectivity index (χ0n) is 14.9. The normalized spacial score (nSPS) is 20.6. The van der Waals surface area contributed by atoms with E-state index in [1.165, 1.54) is 0 Å². The highest BCUT2D eigenvalue weighted by molar-refractivity contribution is 5.77. The van der Waals surface area contributed by atoms with E-state index in [-0.39, 0.29) is 11.9 Å². The molecule has 1 atom stereocenters. The molecule has 0 aromatic heterocycles. The highest BCUT2D eigenvalue weighted by atomic mass is 16.2. The van der Waals surface area contributed by atoms with E-state index in [4.69, 9.17) is 5.73 Å². The number of hydrogen-bond acceptors (Lipinski definition) is 3. The fraction of sp³-hybridized carbons (Fsp3) is 0.600. The van der Waals surface area contributed by atoms with Crippen LogP contribution in [0, 0.1) is 5.92 Å². The largest absolute Gasteiger partial charge is 0.343 e. The van der Waals surface area contributed by atoms with Gasteiger partial charge in [-0.25, -0.2) is 0 Å². The van der Waals surface area contributed by atoms with Crippen LogP contribution in [0.3, 0.4) is 0 Å². The minimum Gasteiger partial charge on any atom is -0.343 e. The Kier molecular flexibility index (Phi) is 6.08. The first-order valence-corrected chi connectivity index (χ1v) is 9.49. The van der Waals surface area contributed by atoms with Gasteiger partial charge in [-0.2, -0.15) is 0 Å². The molecule has 2 fully saturated rings. The van der Waals surface area contributed by atoms with Crippen molar-refractivity contribution >= 4 is 11.8 Å². The van der Waals surface area contributed by atoms with Gasteiger partial charge in [-0.1, -0.05) is 30.3 Å². The molecular weight excluding hydrogens is 314 g/mol. The first kappa shape index (κ1) is 17.9. The maximum atomic E-state index is 12.5. The third-order valence-electron chi connectivity index (χ3n) is 5.49. The third-order valence-corrected chi connectivity index (χ3v) is 5.49. The van der Waals surface area contributed by atoms with Gasteiger partial charge in [-0.15, -0.1) is 0 Å². The van der Waals surface area contributed by atoms with Gasteiger partial charge in [0.05, 0.1) is 0 Å². The minimum absolute atomic E-state index is 0.142. The summed E-state index contributed by atoms with van der Waals surface area (Å²) < 4.78 is 0. The van der Waals surface area contributed by atoms with Crippen LogP contribution >= 0.6 is 0 Å². The van der Waals surface area contributed by atoms with Gasteiger partial charge in [0.15, 0.2) is 0 Å². The molecule has 2 aliphatic heterocycles. The van der Waals surface area contributed by atoms with E-state index in [1.54, 1.807) is 0 Å². The van der Waals surface area contributed by atoms with Crippen LogP contribution in [0.25, 0.3) is 0 Å². The van der Waals surface area contributed by atoms with E-state index in [0.717, 1.165) is 57.4 Å². The fourth-order valence-electron chi connectivity index (χ4n) is 3.87. The topological polar surface area (TPSA) is 66.6 Å². The standard InChI is InChI=1S/C20H29N3O2/c21-18(17-6-2-1-3-7-17)14-20(25)22-12-9-16(10-13-22)15-23-11-5-4-8-19(23)24/h1-3,6-7,16,18H,4-5,8-15,21H2. The Bertz CT molecular complexity index is 582. The lowest BCUT2D eigenvalue weighted by atomic mass is 9.94. The number of nitrogens with two attached hydrogens (primary N) is 1. The molecule has 2 heterocycles. The van der Waals surface area contributed by atoms with Gasteiger partial charge >= 0.3 is 0 Å². The SMILES string of the molecule is NC(CC(=O)N1CCC(CN2CCCCC2=O)CC1)c1ccccc1. The van der Waals surface area contributed by atoms with Crippen LogP contribution in [0.2, 0.25) is 0 Å². The van der Waals surface area contributed by atoms with Crippen LogP contribution in [-0.2, 0) is 9.59 Å². The second kappa shape index (κ2) is 8.48. The zero-order chi connectivity index (χ0) is 17.6. The molecule has 0 spiro atoms. The Morgan fingerprint density at radius 1 is 1.12 bits per heavy atom. The summed E-state index contributed by atoms with van der Waals surface area (Å²) in [5, 5.41) is 0. The van der Waals surface area contributed by atoms with Crippen LogP contribution in [0.4, 0.5) is 0 Å². The fourth-order valence-corrected chi connectivity index (χ4v) is 3.87. The Morgan fingerprint density at radius 3 is 2.52 bits per heavy atom. The molecule has 2 saturated heterocycles. The molecule has 2 N–H and O–H groups in total. The van der Waals surface area contributed by atoms with Crippen molar-refractivity contribution in [3.63, 3.8) is 0 Å². The highest BCUT2D eigenvalue weighted by Gasteiger charge is 2.27. The molecular formula is C20H29N3O2. The van der Waals surface area contributed by atoms with Gasteiger partial charge in [0.2, 0.25) is 11.8 Å². The predicted octanol–water partition coefficient (Wildman–Crippen LogP) is 2.33. The number of likely N-dealkylation sites (tertiary alicyclic amines) is 2. The quantitative estimate of drug-likeness (QED) is 0.892. The van der Waals surface area contributed by atoms with Crippen molar-refractivity contribution in [3.8, 4) is 0 Å². The Labute approximate surface area is 150 Å². The van der Waals surface area contributed by atoms with E-state index >= 15 is 0 Å². The van der Waals surface area contributed by atoms with Crippen molar-refractivity contribution in [3.05, 3.63) is 35.9 Å². The third kappa shape index (κ3) is 4.82. The van der Waals surface area contributed by atoms with E-state index < -0.39 is 0 Å². The van der Waals surface area contributed by atoms with Crippen LogP contribution in [-0.4, -0.2) is 47.8 Å². The van der Waals surface area contributed by atoms with Crippen molar-refractivity contribution < 1.29 is 9.59 Å². The maximum Gasteiger partial charge on any atom is 0.224 e. The summed E-state index contributed by atoms with van der Waals surface area (Å²) in [7, 11) is 0. The molecule has 2 aliphatic rings. The summed E-state index contributed by atoms with van der Waals surface area (Å²) in [5.74, 6) is 0.969. The lowest BCUT2D eigenvalue weighted by Gasteiger charge is -2.36. The molecule has 0 aliphatic carbocycles. The average molecular weight is 343 g/mol. The van der Waals surface area contributed by atoms with Gasteiger partial charge in [0.1, 0.15) is 0 Å². The van der Waals surface area contributed by atoms with Crippen molar-refractivity contribution in [2.45, 2.75) is 44.6 Å². The molecule has 0 radical (unpaired) electrons. The zero-order valence-corrected chi connectivity index (χ0v) is 14.9. The van der Waals surface area contributed by atoms with Gasteiger partial charge < -0.3 is 15.5 Å². The maximum absolute atomic E-state index is 12.5. The van der Waals surface area contributed by atoms with Gasteiger partial charge in [0, 0.05) is 45.1 Å². The molecule has 5 heteroatoms. The number of carbonyl (C=O) groups is 2. The number of piperidine rings is 2. The molecule has 1 aromatic carbocycles. The number of nitrogens with zero attached hydrogens (tertiary/aromatic N) is 2. The summed E-state index contributed by atoms with van der Waals surface area (Å²) >= 11 is 0. The van der Waals surface area contributed by atoms with Crippen LogP contribution < -0.4 is 5.73 Å². The number of carbonyl (C=O) groups excluding carboxylic acids is 2. The van der Waals surface area contributed by atoms with Crippen molar-refractivity contribution in [1.29, 1.82) is 0 Å². The highest BCUT2D eigenvalue weighted by Crippen LogP contribution is 2.23. The van der Waals surface area contributed by atoms with E-state index in [2.05, 4.69) is 0 Å². The van der Waals surface area contributed by atoms with E-state index in [0.29, 0.717) is 24.7 Å². The minimum atomic E-state index is -0.239. The Morgan fingerprint density at radius 2 is 1.84 bits per heavy atom. The van der Waals surface area contributed by atoms with Crippen molar-refractivity contribution in [1.82, 2.24) is 9.80 Å². The van der Waals surface area contributed by atoms with Crippen molar-refractivity contribution in [2.75, 3.05) is 26.2 Å². The molecule has 0 saturated carbocycles. The molecule has 2 amide bonds. The summed E-state index contributed by atoms with van der Waals surface area (Å²) in [6, 6.07) is 9.56. The van der Waals surface area contributed by atoms with Crippen LogP contribution in [0.5, 0.6) is 0 Å². The summed E-state index contributed by atoms with van der Waals surface area (Å²) in [6.07, 6.45) is 5.19. The smallest absolute Gasteiger partial charge is 0.224 e. The first-order chi connectivity index (χ1) is 12.1. The molecule has 25 heavy (non-hydrogen) atoms. The monoisotopic (exact) mass is 343 g/mol. The van der Waals surface area contributed by atoms with Crippen LogP contribution in [0.1, 0.15) is 50.1 Å². The van der Waals surface area contributed by atoms with Crippen LogP contribution in [0.15, 0.2) is 30.3 Å². The summed E-state index contributed by atoms with van der Waals surface area (Å²) in [4.78, 5) is 28.4. The molecule has 3 rings (SSSR count). The molecule has 136 valence electrons. The Balaban J connectivity index is 1.43. The second-order valence-electron chi connectivity index (χ2n) is 7.34. The first-order valence-electron chi connectivity index (χ1n) is 9.49. The lowest BCUT2D eigenvalue weighted by Crippen LogP contribution is -2.44. The van der Waals surface area contributed by atoms with Gasteiger partial charge in [0.25, 0.3) is 0 Å². The molecule has 0 bridgehead atoms. The number of hydrogen-bond donors (Lipinski definition) is 1. The van der Waals surface area contributed by atoms with E-state index in [9.17, 15) is 9.59 Å². The molecule has 1 aromatic rings. The predicted molar refractivity (Wildman–Crippen MR) is 97.7 cm³/mol. The van der Waals surface area contributed by atoms with E-state index in [1.807, 2.05) is 40.1 Å². The van der Waals surface area contributed by atoms with Gasteiger partial charge in [-0.3, -0.25) is 9.59 Å². The number of benzene rings is 1.